The quantitative estimate of drug-likeness (QED) is 0.413. The topological polar surface area (TPSA) is 60.2 Å². The van der Waals surface area contributed by atoms with Crippen molar-refractivity contribution in [1.29, 1.82) is 0 Å². The van der Waals surface area contributed by atoms with Crippen LogP contribution in [0.4, 0.5) is 0 Å². The van der Waals surface area contributed by atoms with Gasteiger partial charge in [0.15, 0.2) is 5.69 Å². The molecule has 6 heteroatoms. The average Bonchev–Trinajstić information content (AvgIpc) is 3.10. The van der Waals surface area contributed by atoms with Crippen LogP contribution >= 0.6 is 0 Å². The largest absolute Gasteiger partial charge is 0.481 e. The van der Waals surface area contributed by atoms with Gasteiger partial charge in [0.05, 0.1) is 23.8 Å². The Morgan fingerprint density at radius 1 is 0.795 bits per heavy atom. The Bertz CT molecular complexity index is 1450. The Balaban J connectivity index is 1.16. The summed E-state index contributed by atoms with van der Waals surface area (Å²) in [6.45, 7) is 2.56. The lowest BCUT2D eigenvalue weighted by molar-refractivity contribution is -0.0441. The number of hydrogen-bond acceptors (Lipinski definition) is 5. The number of benzene rings is 1. The standard InChI is InChI=1S/C33H40N4O2/c1-19-20-13-21-14-22(31(19)21)16-25(15-20)36-23-7-5-8-24(36)18-26(17-23)37-29-11-4-3-9-27(29)35-32(33(37)38)28-10-6-12-30(34-28)39-2/h3-4,6,9-12,19-26,31H,5,7-8,13-18H2,1-2H3/t19?,20-,21+,22+,23-,24+,25-,26?,31?/m1/s1. The Hall–Kier alpha value is -2.73. The van der Waals surface area contributed by atoms with E-state index in [0.717, 1.165) is 59.5 Å². The second-order valence-electron chi connectivity index (χ2n) is 13.3. The first-order valence-corrected chi connectivity index (χ1v) is 15.4. The van der Waals surface area contributed by atoms with E-state index in [4.69, 9.17) is 9.72 Å². The molecule has 2 aromatic heterocycles. The summed E-state index contributed by atoms with van der Waals surface area (Å²) in [6.07, 6.45) is 11.8. The van der Waals surface area contributed by atoms with Gasteiger partial charge in [0, 0.05) is 30.2 Å². The van der Waals surface area contributed by atoms with E-state index in [1.807, 2.05) is 36.4 Å². The molecule has 0 radical (unpaired) electrons. The highest BCUT2D eigenvalue weighted by molar-refractivity contribution is 5.77. The fourth-order valence-corrected chi connectivity index (χ4v) is 10.1. The molecular formula is C33H40N4O2. The van der Waals surface area contributed by atoms with Crippen LogP contribution in [0.2, 0.25) is 0 Å². The van der Waals surface area contributed by atoms with E-state index in [0.29, 0.717) is 29.4 Å². The SMILES string of the molecule is COc1cccc(-c2nc3ccccc3n(C3C[C@H]4CCC[C@@H](C3)N4[C@@H]3C[C@H]4C[C@H]5C[C@@H](C3)C5C4C)c2=O)n1. The smallest absolute Gasteiger partial charge is 0.279 e. The van der Waals surface area contributed by atoms with E-state index in [2.05, 4.69) is 27.4 Å². The van der Waals surface area contributed by atoms with Crippen LogP contribution in [0.15, 0.2) is 47.3 Å². The lowest BCUT2D eigenvalue weighted by atomic mass is 9.62. The Morgan fingerprint density at radius 2 is 1.54 bits per heavy atom. The van der Waals surface area contributed by atoms with Gasteiger partial charge in [-0.3, -0.25) is 9.69 Å². The molecular weight excluding hydrogens is 484 g/mol. The van der Waals surface area contributed by atoms with Gasteiger partial charge in [-0.05, 0) is 99.2 Å². The Labute approximate surface area is 230 Å². The summed E-state index contributed by atoms with van der Waals surface area (Å²) in [4.78, 5) is 26.6. The average molecular weight is 525 g/mol. The molecule has 1 aromatic carbocycles. The van der Waals surface area contributed by atoms with Crippen LogP contribution in [-0.2, 0) is 0 Å². The molecule has 3 saturated carbocycles. The molecule has 5 aliphatic rings. The van der Waals surface area contributed by atoms with Gasteiger partial charge in [-0.25, -0.2) is 9.97 Å². The third kappa shape index (κ3) is 3.73. The van der Waals surface area contributed by atoms with Crippen LogP contribution in [0.5, 0.6) is 5.88 Å². The van der Waals surface area contributed by atoms with Gasteiger partial charge < -0.3 is 9.30 Å². The third-order valence-electron chi connectivity index (χ3n) is 11.6. The number of fused-ring (bicyclic) bond motifs is 4. The van der Waals surface area contributed by atoms with Crippen molar-refractivity contribution in [1.82, 2.24) is 19.4 Å². The van der Waals surface area contributed by atoms with Gasteiger partial charge in [-0.1, -0.05) is 31.5 Å². The summed E-state index contributed by atoms with van der Waals surface area (Å²) in [5.74, 6) is 5.39. The zero-order valence-electron chi connectivity index (χ0n) is 23.2. The number of rotatable bonds is 4. The zero-order valence-corrected chi connectivity index (χ0v) is 23.2. The minimum absolute atomic E-state index is 0.0212. The fraction of sp³-hybridized carbons (Fsp3) is 0.606. The van der Waals surface area contributed by atoms with Gasteiger partial charge in [0.2, 0.25) is 5.88 Å². The molecule has 4 bridgehead atoms. The lowest BCUT2D eigenvalue weighted by Gasteiger charge is -2.54. The van der Waals surface area contributed by atoms with Gasteiger partial charge in [0.25, 0.3) is 5.56 Å². The van der Waals surface area contributed by atoms with Crippen molar-refractivity contribution in [3.8, 4) is 17.3 Å². The second kappa shape index (κ2) is 9.15. The van der Waals surface area contributed by atoms with E-state index in [9.17, 15) is 4.79 Å². The summed E-state index contributed by atoms with van der Waals surface area (Å²) in [5, 5.41) is 0. The van der Waals surface area contributed by atoms with Gasteiger partial charge >= 0.3 is 0 Å². The first-order valence-electron chi connectivity index (χ1n) is 15.4. The first-order chi connectivity index (χ1) is 19.1. The number of ether oxygens (including phenoxy) is 1. The molecule has 3 aliphatic carbocycles. The maximum absolute atomic E-state index is 14.2. The molecule has 4 heterocycles. The van der Waals surface area contributed by atoms with E-state index in [-0.39, 0.29) is 11.6 Å². The van der Waals surface area contributed by atoms with Crippen LogP contribution in [-0.4, -0.2) is 44.7 Å². The van der Waals surface area contributed by atoms with Crippen molar-refractivity contribution in [2.45, 2.75) is 88.9 Å². The molecule has 6 nitrogen and oxygen atoms in total. The maximum Gasteiger partial charge on any atom is 0.279 e. The molecule has 0 spiro atoms. The molecule has 204 valence electrons. The number of nitrogens with zero attached hydrogens (tertiary/aromatic N) is 4. The molecule has 9 atom stereocenters. The molecule has 2 saturated heterocycles. The van der Waals surface area contributed by atoms with Crippen molar-refractivity contribution in [3.05, 3.63) is 52.8 Å². The number of para-hydroxylation sites is 2. The van der Waals surface area contributed by atoms with Gasteiger partial charge in [0.1, 0.15) is 0 Å². The maximum atomic E-state index is 14.2. The van der Waals surface area contributed by atoms with Crippen molar-refractivity contribution in [3.63, 3.8) is 0 Å². The number of aromatic nitrogens is 3. The van der Waals surface area contributed by atoms with Crippen molar-refractivity contribution < 1.29 is 4.74 Å². The number of hydrogen-bond donors (Lipinski definition) is 0. The minimum Gasteiger partial charge on any atom is -0.481 e. The molecule has 5 fully saturated rings. The summed E-state index contributed by atoms with van der Waals surface area (Å²) < 4.78 is 7.45. The molecule has 2 aliphatic heterocycles. The van der Waals surface area contributed by atoms with E-state index < -0.39 is 0 Å². The molecule has 39 heavy (non-hydrogen) atoms. The Morgan fingerprint density at radius 3 is 2.36 bits per heavy atom. The monoisotopic (exact) mass is 524 g/mol. The van der Waals surface area contributed by atoms with Crippen LogP contribution in [0.25, 0.3) is 22.4 Å². The highest BCUT2D eigenvalue weighted by Gasteiger charge is 2.56. The van der Waals surface area contributed by atoms with Crippen LogP contribution < -0.4 is 10.3 Å². The van der Waals surface area contributed by atoms with Crippen LogP contribution in [0.3, 0.4) is 0 Å². The van der Waals surface area contributed by atoms with Gasteiger partial charge in [-0.2, -0.15) is 0 Å². The third-order valence-corrected chi connectivity index (χ3v) is 11.6. The minimum atomic E-state index is -0.0212. The van der Waals surface area contributed by atoms with E-state index in [1.54, 1.807) is 7.11 Å². The zero-order chi connectivity index (χ0) is 26.2. The number of piperidine rings is 2. The lowest BCUT2D eigenvalue weighted by Crippen LogP contribution is -2.58. The summed E-state index contributed by atoms with van der Waals surface area (Å²) in [5.41, 5.74) is 2.79. The predicted molar refractivity (Wildman–Crippen MR) is 153 cm³/mol. The first kappa shape index (κ1) is 24.1. The highest BCUT2D eigenvalue weighted by Crippen LogP contribution is 2.62. The molecule has 3 aromatic rings. The van der Waals surface area contributed by atoms with Crippen LogP contribution in [0, 0.1) is 29.6 Å². The number of pyridine rings is 1. The van der Waals surface area contributed by atoms with Crippen molar-refractivity contribution in [2.75, 3.05) is 7.11 Å². The van der Waals surface area contributed by atoms with E-state index in [1.165, 1.54) is 44.9 Å². The van der Waals surface area contributed by atoms with Crippen LogP contribution in [0.1, 0.15) is 70.8 Å². The van der Waals surface area contributed by atoms with Gasteiger partial charge in [-0.15, -0.1) is 0 Å². The fourth-order valence-electron chi connectivity index (χ4n) is 10.1. The molecule has 8 rings (SSSR count). The Kier molecular flexibility index (Phi) is 5.66. The summed E-state index contributed by atoms with van der Waals surface area (Å²) in [7, 11) is 1.61. The van der Waals surface area contributed by atoms with Crippen molar-refractivity contribution >= 4 is 11.0 Å². The second-order valence-corrected chi connectivity index (χ2v) is 13.3. The van der Waals surface area contributed by atoms with E-state index >= 15 is 0 Å². The molecule has 0 N–H and O–H groups in total. The summed E-state index contributed by atoms with van der Waals surface area (Å²) >= 11 is 0. The normalized spacial score (nSPS) is 37.3. The predicted octanol–water partition coefficient (Wildman–Crippen LogP) is 6.10. The number of methoxy groups -OCH3 is 1. The molecule has 3 unspecified atom stereocenters. The highest BCUT2D eigenvalue weighted by atomic mass is 16.5. The molecule has 0 amide bonds. The summed E-state index contributed by atoms with van der Waals surface area (Å²) in [6, 6.07) is 15.8. The van der Waals surface area contributed by atoms with Crippen molar-refractivity contribution in [2.24, 2.45) is 29.6 Å².